The number of nitrogens with zero attached hydrogens (tertiary/aromatic N) is 2. The Morgan fingerprint density at radius 1 is 1.29 bits per heavy atom. The van der Waals surface area contributed by atoms with Gasteiger partial charge in [0.05, 0.1) is 22.9 Å². The van der Waals surface area contributed by atoms with Crippen molar-refractivity contribution in [3.63, 3.8) is 0 Å². The lowest BCUT2D eigenvalue weighted by atomic mass is 9.85. The van der Waals surface area contributed by atoms with Gasteiger partial charge in [-0.25, -0.2) is 13.5 Å². The summed E-state index contributed by atoms with van der Waals surface area (Å²) >= 11 is 0. The number of hydrogen-bond acceptors (Lipinski definition) is 2. The van der Waals surface area contributed by atoms with Crippen LogP contribution in [0.1, 0.15) is 25.8 Å². The molecular weight excluding hydrogens is 278 g/mol. The summed E-state index contributed by atoms with van der Waals surface area (Å²) in [7, 11) is 0. The number of carboxylic acids is 1. The van der Waals surface area contributed by atoms with Crippen molar-refractivity contribution in [1.82, 2.24) is 9.78 Å². The number of carboxylic acid groups (broad SMARTS) is 1. The van der Waals surface area contributed by atoms with E-state index in [1.807, 2.05) is 6.07 Å². The molecule has 0 fully saturated rings. The summed E-state index contributed by atoms with van der Waals surface area (Å²) in [5.74, 6) is -4.51. The van der Waals surface area contributed by atoms with E-state index in [4.69, 9.17) is 5.11 Å². The van der Waals surface area contributed by atoms with Crippen LogP contribution in [0.15, 0.2) is 42.7 Å². The number of rotatable bonds is 5. The van der Waals surface area contributed by atoms with Gasteiger partial charge in [-0.2, -0.15) is 5.10 Å². The molecule has 112 valence electrons. The molecule has 1 aromatic carbocycles. The predicted molar refractivity (Wildman–Crippen MR) is 73.5 cm³/mol. The molecule has 0 unspecified atom stereocenters. The molecule has 0 atom stereocenters. The van der Waals surface area contributed by atoms with Crippen LogP contribution in [0.3, 0.4) is 0 Å². The minimum atomic E-state index is -3.26. The quantitative estimate of drug-likeness (QED) is 0.918. The van der Waals surface area contributed by atoms with Crippen LogP contribution in [0.5, 0.6) is 0 Å². The van der Waals surface area contributed by atoms with Gasteiger partial charge < -0.3 is 5.11 Å². The first kappa shape index (κ1) is 15.2. The van der Waals surface area contributed by atoms with Crippen LogP contribution in [0.25, 0.3) is 5.69 Å². The lowest BCUT2D eigenvalue weighted by Gasteiger charge is -2.24. The lowest BCUT2D eigenvalue weighted by Crippen LogP contribution is -2.31. The largest absolute Gasteiger partial charge is 0.481 e. The second-order valence-electron chi connectivity index (χ2n) is 5.58. The minimum absolute atomic E-state index is 0.291. The fourth-order valence-electron chi connectivity index (χ4n) is 1.97. The SMILES string of the molecule is CC(C)(CC(F)(F)c1cnn(-c2ccccc2)c1)C(=O)O. The molecule has 2 rings (SSSR count). The van der Waals surface area contributed by atoms with Gasteiger partial charge in [-0.15, -0.1) is 0 Å². The van der Waals surface area contributed by atoms with Gasteiger partial charge in [0.15, 0.2) is 0 Å². The number of aromatic nitrogens is 2. The van der Waals surface area contributed by atoms with Gasteiger partial charge in [-0.3, -0.25) is 4.79 Å². The van der Waals surface area contributed by atoms with E-state index in [1.54, 1.807) is 24.3 Å². The van der Waals surface area contributed by atoms with Crippen LogP contribution in [-0.4, -0.2) is 20.9 Å². The molecule has 0 saturated heterocycles. The summed E-state index contributed by atoms with van der Waals surface area (Å²) in [5.41, 5.74) is -1.14. The normalized spacial score (nSPS) is 12.4. The van der Waals surface area contributed by atoms with Crippen LogP contribution < -0.4 is 0 Å². The van der Waals surface area contributed by atoms with E-state index in [0.717, 1.165) is 6.20 Å². The second-order valence-corrected chi connectivity index (χ2v) is 5.58. The van der Waals surface area contributed by atoms with Gasteiger partial charge in [0.1, 0.15) is 0 Å². The molecule has 1 aromatic heterocycles. The predicted octanol–water partition coefficient (Wildman–Crippen LogP) is 3.47. The molecule has 21 heavy (non-hydrogen) atoms. The molecule has 0 amide bonds. The van der Waals surface area contributed by atoms with Crippen LogP contribution in [0.2, 0.25) is 0 Å². The van der Waals surface area contributed by atoms with Crippen molar-refractivity contribution in [3.05, 3.63) is 48.3 Å². The highest BCUT2D eigenvalue weighted by Gasteiger charge is 2.43. The van der Waals surface area contributed by atoms with E-state index in [0.29, 0.717) is 5.69 Å². The van der Waals surface area contributed by atoms with Crippen molar-refractivity contribution in [2.24, 2.45) is 5.41 Å². The Balaban J connectivity index is 2.26. The maximum atomic E-state index is 14.2. The zero-order valence-corrected chi connectivity index (χ0v) is 11.8. The third-order valence-electron chi connectivity index (χ3n) is 3.27. The summed E-state index contributed by atoms with van der Waals surface area (Å²) < 4.78 is 29.8. The Kier molecular flexibility index (Phi) is 3.80. The van der Waals surface area contributed by atoms with Gasteiger partial charge in [0.2, 0.25) is 0 Å². The first-order valence-corrected chi connectivity index (χ1v) is 6.44. The Hall–Kier alpha value is -2.24. The maximum Gasteiger partial charge on any atom is 0.309 e. The standard InChI is InChI=1S/C15H16F2N2O2/c1-14(2,13(20)21)10-15(16,17)11-8-18-19(9-11)12-6-4-3-5-7-12/h3-9H,10H2,1-2H3,(H,20,21). The molecule has 0 spiro atoms. The summed E-state index contributed by atoms with van der Waals surface area (Å²) in [5, 5.41) is 12.9. The van der Waals surface area contributed by atoms with Gasteiger partial charge in [-0.05, 0) is 26.0 Å². The third kappa shape index (κ3) is 3.26. The second kappa shape index (κ2) is 5.27. The van der Waals surface area contributed by atoms with E-state index < -0.39 is 23.7 Å². The van der Waals surface area contributed by atoms with E-state index in [2.05, 4.69) is 5.10 Å². The number of carbonyl (C=O) groups is 1. The molecule has 4 nitrogen and oxygen atoms in total. The molecule has 0 radical (unpaired) electrons. The topological polar surface area (TPSA) is 55.1 Å². The Morgan fingerprint density at radius 3 is 2.48 bits per heavy atom. The number of alkyl halides is 2. The average molecular weight is 294 g/mol. The van der Waals surface area contributed by atoms with Gasteiger partial charge in [0.25, 0.3) is 5.92 Å². The van der Waals surface area contributed by atoms with E-state index in [9.17, 15) is 13.6 Å². The van der Waals surface area contributed by atoms with E-state index in [1.165, 1.54) is 24.7 Å². The Morgan fingerprint density at radius 2 is 1.90 bits per heavy atom. The number of aliphatic carboxylic acids is 1. The smallest absolute Gasteiger partial charge is 0.309 e. The summed E-state index contributed by atoms with van der Waals surface area (Å²) in [6.07, 6.45) is 1.52. The molecule has 0 bridgehead atoms. The fraction of sp³-hybridized carbons (Fsp3) is 0.333. The molecule has 2 aromatic rings. The molecule has 1 N–H and O–H groups in total. The van der Waals surface area contributed by atoms with Crippen LogP contribution in [-0.2, 0) is 10.7 Å². The minimum Gasteiger partial charge on any atom is -0.481 e. The van der Waals surface area contributed by atoms with Crippen molar-refractivity contribution >= 4 is 5.97 Å². The summed E-state index contributed by atoms with van der Waals surface area (Å²) in [6.45, 7) is 2.57. The van der Waals surface area contributed by atoms with Crippen LogP contribution >= 0.6 is 0 Å². The van der Waals surface area contributed by atoms with Crippen molar-refractivity contribution in [1.29, 1.82) is 0 Å². The Bertz CT molecular complexity index is 636. The highest BCUT2D eigenvalue weighted by atomic mass is 19.3. The van der Waals surface area contributed by atoms with Crippen LogP contribution in [0.4, 0.5) is 8.78 Å². The van der Waals surface area contributed by atoms with Crippen molar-refractivity contribution in [3.8, 4) is 5.69 Å². The first-order valence-electron chi connectivity index (χ1n) is 6.44. The van der Waals surface area contributed by atoms with Gasteiger partial charge in [-0.1, -0.05) is 18.2 Å². The van der Waals surface area contributed by atoms with E-state index in [-0.39, 0.29) is 5.56 Å². The molecular formula is C15H16F2N2O2. The fourth-order valence-corrected chi connectivity index (χ4v) is 1.97. The monoisotopic (exact) mass is 294 g/mol. The molecule has 0 aliphatic heterocycles. The number of hydrogen-bond donors (Lipinski definition) is 1. The van der Waals surface area contributed by atoms with Crippen LogP contribution in [0, 0.1) is 5.41 Å². The molecule has 6 heteroatoms. The third-order valence-corrected chi connectivity index (χ3v) is 3.27. The zero-order valence-electron chi connectivity index (χ0n) is 11.8. The number of halogens is 2. The zero-order chi connectivity index (χ0) is 15.7. The molecule has 1 heterocycles. The Labute approximate surface area is 121 Å². The number of para-hydroxylation sites is 1. The molecule has 0 saturated carbocycles. The van der Waals surface area contributed by atoms with Crippen molar-refractivity contribution < 1.29 is 18.7 Å². The highest BCUT2D eigenvalue weighted by Crippen LogP contribution is 2.39. The molecule has 0 aliphatic carbocycles. The average Bonchev–Trinajstić information content (AvgIpc) is 2.89. The summed E-state index contributed by atoms with van der Waals surface area (Å²) in [4.78, 5) is 11.0. The summed E-state index contributed by atoms with van der Waals surface area (Å²) in [6, 6.07) is 8.87. The maximum absolute atomic E-state index is 14.2. The highest BCUT2D eigenvalue weighted by molar-refractivity contribution is 5.73. The van der Waals surface area contributed by atoms with Crippen molar-refractivity contribution in [2.45, 2.75) is 26.2 Å². The van der Waals surface area contributed by atoms with Gasteiger partial charge >= 0.3 is 5.97 Å². The van der Waals surface area contributed by atoms with Crippen molar-refractivity contribution in [2.75, 3.05) is 0 Å². The first-order chi connectivity index (χ1) is 9.72. The number of benzene rings is 1. The van der Waals surface area contributed by atoms with E-state index >= 15 is 0 Å². The van der Waals surface area contributed by atoms with Gasteiger partial charge in [0, 0.05) is 12.6 Å². The lowest BCUT2D eigenvalue weighted by molar-refractivity contribution is -0.153. The molecule has 0 aliphatic rings.